The molecule has 7 nitrogen and oxygen atoms in total. The molecule has 0 fully saturated rings. The second kappa shape index (κ2) is 8.04. The molecule has 148 valence electrons. The molecular weight excluding hydrogens is 422 g/mol. The van der Waals surface area contributed by atoms with E-state index in [0.29, 0.717) is 6.54 Å². The highest BCUT2D eigenvalue weighted by molar-refractivity contribution is 7.89. The SMILES string of the molecule is Cc1ccc2c(c1)CCN2C(=S)OCC(=O)Nc1ccc(S(N)(=O)=O)cc1Cl. The van der Waals surface area contributed by atoms with Crippen LogP contribution in [0.15, 0.2) is 41.3 Å². The van der Waals surface area contributed by atoms with Crippen molar-refractivity contribution in [3.8, 4) is 0 Å². The van der Waals surface area contributed by atoms with Crippen LogP contribution in [0.2, 0.25) is 5.02 Å². The molecule has 2 aromatic rings. The molecule has 0 atom stereocenters. The standard InChI is InChI=1S/C18H18ClN3O4S2/c1-11-2-5-16-12(8-11)6-7-22(16)18(27)26-10-17(23)21-15-4-3-13(9-14(15)19)28(20,24)25/h2-5,8-9H,6-7,10H2,1H3,(H,21,23)(H2,20,24,25). The lowest BCUT2D eigenvalue weighted by Gasteiger charge is -2.20. The zero-order valence-electron chi connectivity index (χ0n) is 14.9. The van der Waals surface area contributed by atoms with Gasteiger partial charge in [-0.1, -0.05) is 29.3 Å². The van der Waals surface area contributed by atoms with Crippen molar-refractivity contribution in [3.05, 3.63) is 52.5 Å². The summed E-state index contributed by atoms with van der Waals surface area (Å²) in [5, 5.41) is 7.86. The number of rotatable bonds is 4. The summed E-state index contributed by atoms with van der Waals surface area (Å²) in [5.74, 6) is -0.476. The number of anilines is 2. The van der Waals surface area contributed by atoms with Gasteiger partial charge >= 0.3 is 0 Å². The topological polar surface area (TPSA) is 102 Å². The van der Waals surface area contributed by atoms with Gasteiger partial charge in [0.15, 0.2) is 6.61 Å². The number of hydrogen-bond acceptors (Lipinski definition) is 5. The zero-order valence-corrected chi connectivity index (χ0v) is 17.3. The van der Waals surface area contributed by atoms with E-state index in [1.54, 1.807) is 0 Å². The van der Waals surface area contributed by atoms with Gasteiger partial charge < -0.3 is 15.0 Å². The molecule has 28 heavy (non-hydrogen) atoms. The van der Waals surface area contributed by atoms with E-state index in [1.807, 2.05) is 24.0 Å². The molecule has 1 heterocycles. The number of nitrogens with zero attached hydrogens (tertiary/aromatic N) is 1. The molecule has 0 radical (unpaired) electrons. The maximum absolute atomic E-state index is 12.1. The van der Waals surface area contributed by atoms with Crippen molar-refractivity contribution in [2.45, 2.75) is 18.2 Å². The number of nitrogens with one attached hydrogen (secondary N) is 1. The van der Waals surface area contributed by atoms with Crippen LogP contribution >= 0.6 is 23.8 Å². The predicted octanol–water partition coefficient (Wildman–Crippen LogP) is 2.60. The molecule has 1 aliphatic heterocycles. The fourth-order valence-electron chi connectivity index (χ4n) is 2.89. The quantitative estimate of drug-likeness (QED) is 0.710. The number of carbonyl (C=O) groups excluding carboxylic acids is 1. The molecule has 2 aromatic carbocycles. The van der Waals surface area contributed by atoms with Crippen LogP contribution < -0.4 is 15.4 Å². The molecule has 1 amide bonds. The van der Waals surface area contributed by atoms with Gasteiger partial charge in [0.2, 0.25) is 10.0 Å². The van der Waals surface area contributed by atoms with Gasteiger partial charge in [-0.2, -0.15) is 0 Å². The van der Waals surface area contributed by atoms with Crippen molar-refractivity contribution in [3.63, 3.8) is 0 Å². The number of hydrogen-bond donors (Lipinski definition) is 2. The average molecular weight is 440 g/mol. The number of ether oxygens (including phenoxy) is 1. The third-order valence-electron chi connectivity index (χ3n) is 4.22. The summed E-state index contributed by atoms with van der Waals surface area (Å²) in [4.78, 5) is 13.8. The Balaban J connectivity index is 1.59. The van der Waals surface area contributed by atoms with Crippen LogP contribution in [0.3, 0.4) is 0 Å². The van der Waals surface area contributed by atoms with Crippen LogP contribution in [-0.2, 0) is 26.0 Å². The Bertz CT molecular complexity index is 1060. The molecule has 0 unspecified atom stereocenters. The van der Waals surface area contributed by atoms with Crippen molar-refractivity contribution < 1.29 is 17.9 Å². The van der Waals surface area contributed by atoms with E-state index in [9.17, 15) is 13.2 Å². The molecule has 1 aliphatic rings. The van der Waals surface area contributed by atoms with Crippen LogP contribution in [0.4, 0.5) is 11.4 Å². The number of primary sulfonamides is 1. The summed E-state index contributed by atoms with van der Waals surface area (Å²) in [5.41, 5.74) is 3.60. The second-order valence-corrected chi connectivity index (χ2v) is 8.64. The van der Waals surface area contributed by atoms with Crippen molar-refractivity contribution in [1.82, 2.24) is 0 Å². The summed E-state index contributed by atoms with van der Waals surface area (Å²) < 4.78 is 28.1. The zero-order chi connectivity index (χ0) is 20.5. The molecule has 0 bridgehead atoms. The maximum Gasteiger partial charge on any atom is 0.264 e. The normalized spacial score (nSPS) is 13.2. The largest absolute Gasteiger partial charge is 0.461 e. The van der Waals surface area contributed by atoms with Crippen LogP contribution in [0.5, 0.6) is 0 Å². The number of aryl methyl sites for hydroxylation is 1. The summed E-state index contributed by atoms with van der Waals surface area (Å²) in [6.07, 6.45) is 0.860. The monoisotopic (exact) mass is 439 g/mol. The van der Waals surface area contributed by atoms with Crippen molar-refractivity contribution in [2.75, 3.05) is 23.4 Å². The summed E-state index contributed by atoms with van der Waals surface area (Å²) >= 11 is 11.3. The minimum absolute atomic E-state index is 0.0475. The molecule has 0 aromatic heterocycles. The molecular formula is C18H18ClN3O4S2. The molecule has 3 rings (SSSR count). The molecule has 3 N–H and O–H groups in total. The first-order valence-corrected chi connectivity index (χ1v) is 10.6. The number of amides is 1. The summed E-state index contributed by atoms with van der Waals surface area (Å²) in [6.45, 7) is 2.42. The summed E-state index contributed by atoms with van der Waals surface area (Å²) in [7, 11) is -3.87. The van der Waals surface area contributed by atoms with Gasteiger partial charge in [-0.05, 0) is 55.4 Å². The molecule has 0 aliphatic carbocycles. The van der Waals surface area contributed by atoms with Crippen molar-refractivity contribution in [2.24, 2.45) is 5.14 Å². The number of carbonyl (C=O) groups is 1. The number of halogens is 1. The Kier molecular flexibility index (Phi) is 5.90. The lowest BCUT2D eigenvalue weighted by atomic mass is 10.1. The van der Waals surface area contributed by atoms with Crippen LogP contribution in [-0.4, -0.2) is 32.7 Å². The Hall–Kier alpha value is -2.20. The Morgan fingerprint density at radius 3 is 2.75 bits per heavy atom. The van der Waals surface area contributed by atoms with Gasteiger partial charge in [0.25, 0.3) is 11.1 Å². The minimum Gasteiger partial charge on any atom is -0.461 e. The molecule has 0 saturated carbocycles. The fourth-order valence-corrected chi connectivity index (χ4v) is 3.97. The van der Waals surface area contributed by atoms with Gasteiger partial charge in [0.05, 0.1) is 15.6 Å². The number of nitrogens with two attached hydrogens (primary N) is 1. The lowest BCUT2D eigenvalue weighted by Crippen LogP contribution is -2.32. The number of benzene rings is 2. The van der Waals surface area contributed by atoms with Crippen molar-refractivity contribution >= 4 is 56.3 Å². The Labute approximate surface area is 173 Å². The van der Waals surface area contributed by atoms with Gasteiger partial charge in [-0.25, -0.2) is 13.6 Å². The Morgan fingerprint density at radius 2 is 2.07 bits per heavy atom. The van der Waals surface area contributed by atoms with E-state index in [2.05, 4.69) is 11.4 Å². The van der Waals surface area contributed by atoms with E-state index in [-0.39, 0.29) is 27.4 Å². The van der Waals surface area contributed by atoms with E-state index >= 15 is 0 Å². The molecule has 0 saturated heterocycles. The fraction of sp³-hybridized carbons (Fsp3) is 0.222. The smallest absolute Gasteiger partial charge is 0.264 e. The lowest BCUT2D eigenvalue weighted by molar-refractivity contribution is -0.118. The third kappa shape index (κ3) is 4.61. The van der Waals surface area contributed by atoms with E-state index in [1.165, 1.54) is 29.3 Å². The first-order chi connectivity index (χ1) is 13.1. The predicted molar refractivity (Wildman–Crippen MR) is 112 cm³/mol. The van der Waals surface area contributed by atoms with Gasteiger partial charge in [-0.3, -0.25) is 4.79 Å². The molecule has 0 spiro atoms. The first-order valence-electron chi connectivity index (χ1n) is 8.31. The molecule has 10 heteroatoms. The van der Waals surface area contributed by atoms with E-state index < -0.39 is 15.9 Å². The summed E-state index contributed by atoms with van der Waals surface area (Å²) in [6, 6.07) is 9.88. The van der Waals surface area contributed by atoms with E-state index in [4.69, 9.17) is 33.7 Å². The van der Waals surface area contributed by atoms with Gasteiger partial charge in [0, 0.05) is 12.2 Å². The average Bonchev–Trinajstić information content (AvgIpc) is 3.03. The number of fused-ring (bicyclic) bond motifs is 1. The Morgan fingerprint density at radius 1 is 1.32 bits per heavy atom. The minimum atomic E-state index is -3.87. The van der Waals surface area contributed by atoms with Gasteiger partial charge in [0.1, 0.15) is 0 Å². The van der Waals surface area contributed by atoms with Crippen LogP contribution in [0.25, 0.3) is 0 Å². The highest BCUT2D eigenvalue weighted by Gasteiger charge is 2.23. The van der Waals surface area contributed by atoms with Crippen LogP contribution in [0.1, 0.15) is 11.1 Å². The second-order valence-electron chi connectivity index (χ2n) is 6.32. The van der Waals surface area contributed by atoms with Crippen molar-refractivity contribution in [1.29, 1.82) is 0 Å². The van der Waals surface area contributed by atoms with E-state index in [0.717, 1.165) is 12.1 Å². The highest BCUT2D eigenvalue weighted by Crippen LogP contribution is 2.29. The number of sulfonamides is 1. The van der Waals surface area contributed by atoms with Crippen LogP contribution in [0, 0.1) is 6.92 Å². The first kappa shape index (κ1) is 20.5. The van der Waals surface area contributed by atoms with Gasteiger partial charge in [-0.15, -0.1) is 0 Å². The number of thiocarbonyl (C=S) groups is 1. The third-order valence-corrected chi connectivity index (χ3v) is 5.78. The highest BCUT2D eigenvalue weighted by atomic mass is 35.5. The maximum atomic E-state index is 12.1.